The molecule has 0 spiro atoms. The van der Waals surface area contributed by atoms with Crippen molar-refractivity contribution in [3.05, 3.63) is 40.4 Å². The first-order valence-electron chi connectivity index (χ1n) is 7.47. The van der Waals surface area contributed by atoms with Gasteiger partial charge in [0.2, 0.25) is 0 Å². The highest BCUT2D eigenvalue weighted by atomic mass is 16.5. The van der Waals surface area contributed by atoms with E-state index in [0.717, 1.165) is 37.4 Å². The van der Waals surface area contributed by atoms with Gasteiger partial charge in [-0.15, -0.1) is 0 Å². The molecule has 1 aromatic carbocycles. The zero-order valence-electron chi connectivity index (χ0n) is 12.5. The zero-order chi connectivity index (χ0) is 14.8. The van der Waals surface area contributed by atoms with Gasteiger partial charge in [-0.05, 0) is 26.0 Å². The molecule has 1 aromatic heterocycles. The molecule has 1 fully saturated rings. The van der Waals surface area contributed by atoms with E-state index < -0.39 is 0 Å². The quantitative estimate of drug-likeness (QED) is 0.931. The molecule has 1 N–H and O–H groups in total. The summed E-state index contributed by atoms with van der Waals surface area (Å²) >= 11 is 0. The van der Waals surface area contributed by atoms with Crippen LogP contribution in [0.15, 0.2) is 29.1 Å². The van der Waals surface area contributed by atoms with Crippen LogP contribution >= 0.6 is 0 Å². The van der Waals surface area contributed by atoms with Crippen LogP contribution in [0, 0.1) is 0 Å². The van der Waals surface area contributed by atoms with E-state index in [0.29, 0.717) is 5.39 Å². The summed E-state index contributed by atoms with van der Waals surface area (Å²) in [5.74, 6) is 0.755. The number of hydrogen-bond acceptors (Lipinski definition) is 4. The molecule has 2 aromatic rings. The minimum Gasteiger partial charge on any atom is -0.373 e. The summed E-state index contributed by atoms with van der Waals surface area (Å²) in [5, 5.41) is 0.648. The number of ether oxygens (including phenoxy) is 1. The van der Waals surface area contributed by atoms with Gasteiger partial charge in [0, 0.05) is 26.1 Å². The Hall–Kier alpha value is -1.72. The molecule has 2 atom stereocenters. The van der Waals surface area contributed by atoms with Gasteiger partial charge in [0.05, 0.1) is 23.1 Å². The maximum Gasteiger partial charge on any atom is 0.258 e. The number of aromatic nitrogens is 2. The molecule has 0 radical (unpaired) electrons. The highest BCUT2D eigenvalue weighted by molar-refractivity contribution is 5.77. The Balaban J connectivity index is 1.72. The lowest BCUT2D eigenvalue weighted by Gasteiger charge is -2.35. The van der Waals surface area contributed by atoms with Crippen molar-refractivity contribution in [2.45, 2.75) is 32.5 Å². The predicted octanol–water partition coefficient (Wildman–Crippen LogP) is 1.57. The molecule has 1 aliphatic rings. The third kappa shape index (κ3) is 3.31. The second kappa shape index (κ2) is 5.95. The molecule has 5 heteroatoms. The number of hydrogen-bond donors (Lipinski definition) is 1. The van der Waals surface area contributed by atoms with Gasteiger partial charge in [-0.3, -0.25) is 9.69 Å². The Labute approximate surface area is 124 Å². The van der Waals surface area contributed by atoms with Gasteiger partial charge in [0.1, 0.15) is 5.82 Å². The van der Waals surface area contributed by atoms with Crippen molar-refractivity contribution >= 4 is 10.9 Å². The maximum absolute atomic E-state index is 12.0. The minimum absolute atomic E-state index is 0.0562. The first kappa shape index (κ1) is 14.2. The average Bonchev–Trinajstić information content (AvgIpc) is 2.44. The molecular formula is C16H21N3O2. The van der Waals surface area contributed by atoms with Crippen LogP contribution < -0.4 is 5.56 Å². The number of rotatable bonds is 3. The third-order valence-electron chi connectivity index (χ3n) is 3.82. The number of fused-ring (bicyclic) bond motifs is 1. The number of benzene rings is 1. The van der Waals surface area contributed by atoms with E-state index in [9.17, 15) is 4.79 Å². The van der Waals surface area contributed by atoms with Crippen molar-refractivity contribution < 1.29 is 4.74 Å². The van der Waals surface area contributed by atoms with E-state index in [4.69, 9.17) is 4.74 Å². The van der Waals surface area contributed by atoms with Crippen LogP contribution in [-0.4, -0.2) is 46.7 Å². The van der Waals surface area contributed by atoms with Crippen LogP contribution in [0.5, 0.6) is 0 Å². The Morgan fingerprint density at radius 3 is 2.76 bits per heavy atom. The van der Waals surface area contributed by atoms with E-state index in [-0.39, 0.29) is 17.8 Å². The number of nitrogens with zero attached hydrogens (tertiary/aromatic N) is 2. The number of para-hydroxylation sites is 1. The van der Waals surface area contributed by atoms with Gasteiger partial charge in [0.15, 0.2) is 0 Å². The molecular weight excluding hydrogens is 266 g/mol. The summed E-state index contributed by atoms with van der Waals surface area (Å²) in [6, 6.07) is 7.45. The number of nitrogens with one attached hydrogen (secondary N) is 1. The van der Waals surface area contributed by atoms with Crippen molar-refractivity contribution in [1.82, 2.24) is 14.9 Å². The lowest BCUT2D eigenvalue weighted by Crippen LogP contribution is -2.46. The molecule has 0 amide bonds. The van der Waals surface area contributed by atoms with Crippen molar-refractivity contribution in [2.75, 3.05) is 19.6 Å². The summed E-state index contributed by atoms with van der Waals surface area (Å²) in [5.41, 5.74) is 0.708. The van der Waals surface area contributed by atoms with Gasteiger partial charge in [0.25, 0.3) is 5.56 Å². The van der Waals surface area contributed by atoms with Gasteiger partial charge < -0.3 is 9.72 Å². The first-order valence-corrected chi connectivity index (χ1v) is 7.47. The molecule has 3 rings (SSSR count). The predicted molar refractivity (Wildman–Crippen MR) is 82.5 cm³/mol. The highest BCUT2D eigenvalue weighted by Crippen LogP contribution is 2.11. The number of morpholine rings is 1. The van der Waals surface area contributed by atoms with E-state index in [1.165, 1.54) is 0 Å². The van der Waals surface area contributed by atoms with Crippen molar-refractivity contribution in [3.63, 3.8) is 0 Å². The van der Waals surface area contributed by atoms with E-state index in [1.807, 2.05) is 18.2 Å². The van der Waals surface area contributed by atoms with Gasteiger partial charge in [-0.1, -0.05) is 12.1 Å². The number of H-pyrrole nitrogens is 1. The molecule has 1 saturated heterocycles. The lowest BCUT2D eigenvalue weighted by atomic mass is 10.2. The van der Waals surface area contributed by atoms with Crippen LogP contribution in [0.3, 0.4) is 0 Å². The van der Waals surface area contributed by atoms with E-state index in [2.05, 4.69) is 28.7 Å². The van der Waals surface area contributed by atoms with Crippen LogP contribution in [0.2, 0.25) is 0 Å². The smallest absolute Gasteiger partial charge is 0.258 e. The van der Waals surface area contributed by atoms with Crippen LogP contribution in [0.1, 0.15) is 19.7 Å². The maximum atomic E-state index is 12.0. The SMILES string of the molecule is CC1CN(CCc2nc3ccccc3c(=O)[nH]2)CC(C)O1. The third-order valence-corrected chi connectivity index (χ3v) is 3.82. The zero-order valence-corrected chi connectivity index (χ0v) is 12.5. The number of aromatic amines is 1. The van der Waals surface area contributed by atoms with Crippen molar-refractivity contribution in [3.8, 4) is 0 Å². The molecule has 0 aliphatic carbocycles. The topological polar surface area (TPSA) is 58.2 Å². The molecule has 2 heterocycles. The molecule has 5 nitrogen and oxygen atoms in total. The standard InChI is InChI=1S/C16H21N3O2/c1-11-9-19(10-12(2)21-11)8-7-15-17-14-6-4-3-5-13(14)16(20)18-15/h3-6,11-12H,7-10H2,1-2H3,(H,17,18,20). The fourth-order valence-electron chi connectivity index (χ4n) is 2.98. The fourth-order valence-corrected chi connectivity index (χ4v) is 2.98. The molecule has 0 bridgehead atoms. The summed E-state index contributed by atoms with van der Waals surface area (Å²) in [4.78, 5) is 21.8. The Kier molecular flexibility index (Phi) is 4.03. The van der Waals surface area contributed by atoms with Crippen LogP contribution in [-0.2, 0) is 11.2 Å². The second-order valence-electron chi connectivity index (χ2n) is 5.80. The molecule has 21 heavy (non-hydrogen) atoms. The van der Waals surface area contributed by atoms with Gasteiger partial charge in [-0.25, -0.2) is 4.98 Å². The lowest BCUT2D eigenvalue weighted by molar-refractivity contribution is -0.0676. The normalized spacial score (nSPS) is 23.5. The Morgan fingerprint density at radius 1 is 1.29 bits per heavy atom. The molecule has 0 saturated carbocycles. The molecule has 2 unspecified atom stereocenters. The summed E-state index contributed by atoms with van der Waals surface area (Å²) < 4.78 is 5.73. The average molecular weight is 287 g/mol. The fraction of sp³-hybridized carbons (Fsp3) is 0.500. The van der Waals surface area contributed by atoms with Gasteiger partial charge >= 0.3 is 0 Å². The largest absolute Gasteiger partial charge is 0.373 e. The van der Waals surface area contributed by atoms with E-state index >= 15 is 0 Å². The Bertz CT molecular complexity index is 673. The van der Waals surface area contributed by atoms with Crippen LogP contribution in [0.4, 0.5) is 0 Å². The van der Waals surface area contributed by atoms with Gasteiger partial charge in [-0.2, -0.15) is 0 Å². The molecule has 1 aliphatic heterocycles. The van der Waals surface area contributed by atoms with Crippen LogP contribution in [0.25, 0.3) is 10.9 Å². The van der Waals surface area contributed by atoms with E-state index in [1.54, 1.807) is 6.07 Å². The summed E-state index contributed by atoms with van der Waals surface area (Å²) in [7, 11) is 0. The summed E-state index contributed by atoms with van der Waals surface area (Å²) in [6.07, 6.45) is 1.27. The monoisotopic (exact) mass is 287 g/mol. The second-order valence-corrected chi connectivity index (χ2v) is 5.80. The van der Waals surface area contributed by atoms with Crippen molar-refractivity contribution in [1.29, 1.82) is 0 Å². The van der Waals surface area contributed by atoms with Crippen molar-refractivity contribution in [2.24, 2.45) is 0 Å². The first-order chi connectivity index (χ1) is 10.1. The summed E-state index contributed by atoms with van der Waals surface area (Å²) in [6.45, 7) is 6.95. The Morgan fingerprint density at radius 2 is 2.00 bits per heavy atom. The highest BCUT2D eigenvalue weighted by Gasteiger charge is 2.21. The minimum atomic E-state index is -0.0562. The molecule has 112 valence electrons.